The van der Waals surface area contributed by atoms with E-state index in [1.165, 1.54) is 29.2 Å². The molecule has 39 heavy (non-hydrogen) atoms. The predicted molar refractivity (Wildman–Crippen MR) is 148 cm³/mol. The van der Waals surface area contributed by atoms with Crippen LogP contribution in [0.25, 0.3) is 16.9 Å². The van der Waals surface area contributed by atoms with E-state index in [4.69, 9.17) is 9.72 Å². The molecule has 4 aromatic rings. The first-order chi connectivity index (χ1) is 18.9. The van der Waals surface area contributed by atoms with E-state index >= 15 is 0 Å². The third-order valence-electron chi connectivity index (χ3n) is 6.96. The largest absolute Gasteiger partial charge is 0.376 e. The van der Waals surface area contributed by atoms with Gasteiger partial charge in [-0.1, -0.05) is 36.4 Å². The molecular formula is C31H31FN4O3. The third kappa shape index (κ3) is 6.23. The Morgan fingerprint density at radius 2 is 1.82 bits per heavy atom. The molecule has 1 atom stereocenters. The van der Waals surface area contributed by atoms with Gasteiger partial charge in [0.05, 0.1) is 11.8 Å². The highest BCUT2D eigenvalue weighted by atomic mass is 19.1. The Morgan fingerprint density at radius 1 is 1.05 bits per heavy atom. The first-order valence-corrected chi connectivity index (χ1v) is 13.1. The van der Waals surface area contributed by atoms with Crippen molar-refractivity contribution in [1.82, 2.24) is 14.5 Å². The molecule has 0 bridgehead atoms. The van der Waals surface area contributed by atoms with Crippen molar-refractivity contribution in [2.24, 2.45) is 0 Å². The number of benzene rings is 3. The second-order valence-electron chi connectivity index (χ2n) is 9.83. The normalized spacial score (nSPS) is 14.8. The first-order valence-electron chi connectivity index (χ1n) is 13.1. The number of ether oxygens (including phenoxy) is 1. The lowest BCUT2D eigenvalue weighted by atomic mass is 10.1. The van der Waals surface area contributed by atoms with Crippen molar-refractivity contribution >= 4 is 17.8 Å². The number of hydrogen-bond donors (Lipinski definition) is 1. The van der Waals surface area contributed by atoms with Crippen molar-refractivity contribution < 1.29 is 18.7 Å². The van der Waals surface area contributed by atoms with Gasteiger partial charge < -0.3 is 9.64 Å². The molecule has 1 unspecified atom stereocenters. The molecule has 8 heteroatoms. The van der Waals surface area contributed by atoms with Gasteiger partial charge in [-0.15, -0.1) is 0 Å². The van der Waals surface area contributed by atoms with Crippen molar-refractivity contribution in [3.8, 4) is 16.9 Å². The number of amides is 2. The number of nitrogens with one attached hydrogen (secondary N) is 1. The monoisotopic (exact) mass is 526 g/mol. The molecule has 0 aliphatic carbocycles. The first kappa shape index (κ1) is 26.3. The van der Waals surface area contributed by atoms with E-state index in [2.05, 4.69) is 5.32 Å². The summed E-state index contributed by atoms with van der Waals surface area (Å²) in [5, 5.41) is 2.92. The number of aromatic nitrogens is 2. The van der Waals surface area contributed by atoms with Crippen LogP contribution in [0.1, 0.15) is 34.3 Å². The van der Waals surface area contributed by atoms with Gasteiger partial charge in [-0.05, 0) is 74.2 Å². The fourth-order valence-corrected chi connectivity index (χ4v) is 4.65. The molecule has 0 spiro atoms. The maximum Gasteiger partial charge on any atom is 0.254 e. The Labute approximate surface area is 227 Å². The standard InChI is InChI=1S/C31H31FN4O3/c1-21-10-15-26(17-22(21)2)36-19-28(23-7-4-3-5-8-23)33-31(36)34-29(37)20-35(18-27-9-6-16-39-27)30(38)24-11-13-25(32)14-12-24/h3-5,7-8,10-15,17,19,27H,6,9,16,18,20H2,1-2H3,(H,33,34,37). The quantitative estimate of drug-likeness (QED) is 0.326. The van der Waals surface area contributed by atoms with Crippen LogP contribution in [-0.4, -0.2) is 52.1 Å². The van der Waals surface area contributed by atoms with E-state index < -0.39 is 11.7 Å². The number of halogens is 1. The lowest BCUT2D eigenvalue weighted by Gasteiger charge is -2.25. The summed E-state index contributed by atoms with van der Waals surface area (Å²) in [7, 11) is 0. The highest BCUT2D eigenvalue weighted by molar-refractivity contribution is 5.99. The molecule has 1 saturated heterocycles. The molecule has 1 N–H and O–H groups in total. The fraction of sp³-hybridized carbons (Fsp3) is 0.258. The molecular weight excluding hydrogens is 495 g/mol. The number of aryl methyl sites for hydroxylation is 2. The van der Waals surface area contributed by atoms with Gasteiger partial charge in [0.2, 0.25) is 11.9 Å². The summed E-state index contributed by atoms with van der Waals surface area (Å²) in [4.78, 5) is 32.9. The van der Waals surface area contributed by atoms with Crippen LogP contribution in [0.4, 0.5) is 10.3 Å². The molecule has 1 aliphatic heterocycles. The zero-order chi connectivity index (χ0) is 27.4. The molecule has 1 aromatic heterocycles. The second kappa shape index (κ2) is 11.6. The van der Waals surface area contributed by atoms with Crippen LogP contribution in [0.5, 0.6) is 0 Å². The molecule has 200 valence electrons. The van der Waals surface area contributed by atoms with Crippen molar-refractivity contribution in [2.45, 2.75) is 32.8 Å². The number of carbonyl (C=O) groups is 2. The molecule has 2 heterocycles. The molecule has 1 aliphatic rings. The van der Waals surface area contributed by atoms with E-state index in [0.29, 0.717) is 23.8 Å². The topological polar surface area (TPSA) is 76.5 Å². The lowest BCUT2D eigenvalue weighted by Crippen LogP contribution is -2.42. The number of carbonyl (C=O) groups excluding carboxylic acids is 2. The van der Waals surface area contributed by atoms with Gasteiger partial charge in [0.25, 0.3) is 5.91 Å². The van der Waals surface area contributed by atoms with Crippen LogP contribution in [-0.2, 0) is 9.53 Å². The van der Waals surface area contributed by atoms with Gasteiger partial charge in [-0.2, -0.15) is 0 Å². The number of nitrogens with zero attached hydrogens (tertiary/aromatic N) is 3. The highest BCUT2D eigenvalue weighted by Crippen LogP contribution is 2.25. The Bertz CT molecular complexity index is 1460. The highest BCUT2D eigenvalue weighted by Gasteiger charge is 2.26. The molecule has 7 nitrogen and oxygen atoms in total. The van der Waals surface area contributed by atoms with Crippen LogP contribution in [0.15, 0.2) is 79.0 Å². The van der Waals surface area contributed by atoms with Crippen LogP contribution in [0.3, 0.4) is 0 Å². The Hall–Kier alpha value is -4.30. The molecule has 5 rings (SSSR count). The number of imidazole rings is 1. The minimum Gasteiger partial charge on any atom is -0.376 e. The van der Waals surface area contributed by atoms with Crippen molar-refractivity contribution in [2.75, 3.05) is 25.0 Å². The minimum absolute atomic E-state index is 0.149. The zero-order valence-corrected chi connectivity index (χ0v) is 22.1. The molecule has 1 fully saturated rings. The third-order valence-corrected chi connectivity index (χ3v) is 6.96. The SMILES string of the molecule is Cc1ccc(-n2cc(-c3ccccc3)nc2NC(=O)CN(CC2CCCO2)C(=O)c2ccc(F)cc2)cc1C. The fourth-order valence-electron chi connectivity index (χ4n) is 4.65. The summed E-state index contributed by atoms with van der Waals surface area (Å²) in [6.45, 7) is 4.79. The van der Waals surface area contributed by atoms with E-state index in [0.717, 1.165) is 35.2 Å². The summed E-state index contributed by atoms with van der Waals surface area (Å²) >= 11 is 0. The molecule has 0 saturated carbocycles. The van der Waals surface area contributed by atoms with Crippen molar-refractivity contribution in [3.05, 3.63) is 102 Å². The maximum absolute atomic E-state index is 13.5. The van der Waals surface area contributed by atoms with E-state index in [1.807, 2.05) is 73.1 Å². The number of hydrogen-bond acceptors (Lipinski definition) is 4. The summed E-state index contributed by atoms with van der Waals surface area (Å²) < 4.78 is 21.0. The minimum atomic E-state index is -0.428. The average Bonchev–Trinajstić information content (AvgIpc) is 3.61. The summed E-state index contributed by atoms with van der Waals surface area (Å²) in [6, 6.07) is 21.1. The van der Waals surface area contributed by atoms with Gasteiger partial charge in [-0.3, -0.25) is 19.5 Å². The molecule has 3 aromatic carbocycles. The van der Waals surface area contributed by atoms with E-state index in [9.17, 15) is 14.0 Å². The van der Waals surface area contributed by atoms with Crippen molar-refractivity contribution in [3.63, 3.8) is 0 Å². The Kier molecular flexibility index (Phi) is 7.84. The smallest absolute Gasteiger partial charge is 0.254 e. The van der Waals surface area contributed by atoms with Crippen LogP contribution < -0.4 is 5.32 Å². The zero-order valence-electron chi connectivity index (χ0n) is 22.1. The van der Waals surface area contributed by atoms with Crippen LogP contribution in [0, 0.1) is 19.7 Å². The van der Waals surface area contributed by atoms with Gasteiger partial charge in [0, 0.05) is 36.2 Å². The van der Waals surface area contributed by atoms with E-state index in [1.54, 1.807) is 0 Å². The van der Waals surface area contributed by atoms with Crippen molar-refractivity contribution in [1.29, 1.82) is 0 Å². The van der Waals surface area contributed by atoms with Crippen LogP contribution >= 0.6 is 0 Å². The number of rotatable bonds is 8. The Morgan fingerprint density at radius 3 is 2.51 bits per heavy atom. The summed E-state index contributed by atoms with van der Waals surface area (Å²) in [5.74, 6) is -0.822. The second-order valence-corrected chi connectivity index (χ2v) is 9.83. The summed E-state index contributed by atoms with van der Waals surface area (Å²) in [5.41, 5.74) is 5.08. The Balaban J connectivity index is 1.42. The molecule has 2 amide bonds. The van der Waals surface area contributed by atoms with Gasteiger partial charge >= 0.3 is 0 Å². The average molecular weight is 527 g/mol. The summed E-state index contributed by atoms with van der Waals surface area (Å²) in [6.07, 6.45) is 3.46. The molecule has 0 radical (unpaired) electrons. The number of anilines is 1. The van der Waals surface area contributed by atoms with Gasteiger partial charge in [0.1, 0.15) is 12.4 Å². The van der Waals surface area contributed by atoms with E-state index in [-0.39, 0.29) is 25.1 Å². The van der Waals surface area contributed by atoms with Gasteiger partial charge in [0.15, 0.2) is 0 Å². The lowest BCUT2D eigenvalue weighted by molar-refractivity contribution is -0.117. The van der Waals surface area contributed by atoms with Gasteiger partial charge in [-0.25, -0.2) is 9.37 Å². The predicted octanol–water partition coefficient (Wildman–Crippen LogP) is 5.56. The van der Waals surface area contributed by atoms with Crippen LogP contribution in [0.2, 0.25) is 0 Å². The maximum atomic E-state index is 13.5.